The number of imidazole rings is 1. The minimum atomic E-state index is -0.199. The topological polar surface area (TPSA) is 70.5 Å². The zero-order valence-corrected chi connectivity index (χ0v) is 15.0. The summed E-state index contributed by atoms with van der Waals surface area (Å²) >= 11 is 0. The van der Waals surface area contributed by atoms with Crippen molar-refractivity contribution in [2.24, 2.45) is 0 Å². The second-order valence-corrected chi connectivity index (χ2v) is 6.78. The van der Waals surface area contributed by atoms with E-state index in [-0.39, 0.29) is 18.5 Å². The van der Waals surface area contributed by atoms with Crippen molar-refractivity contribution in [3.63, 3.8) is 0 Å². The van der Waals surface area contributed by atoms with Crippen LogP contribution in [0.2, 0.25) is 0 Å². The molecule has 1 aliphatic carbocycles. The number of nitrogens with one attached hydrogen (secondary N) is 1. The molecule has 134 valence electrons. The normalized spacial score (nSPS) is 15.9. The molecule has 0 fully saturated rings. The van der Waals surface area contributed by atoms with Gasteiger partial charge in [-0.05, 0) is 42.5 Å². The summed E-state index contributed by atoms with van der Waals surface area (Å²) in [7, 11) is 3.32. The molecular weight excluding hydrogens is 330 g/mol. The average Bonchev–Trinajstić information content (AvgIpc) is 3.24. The number of fused-ring (bicyclic) bond motifs is 2. The number of amides is 3. The summed E-state index contributed by atoms with van der Waals surface area (Å²) in [6, 6.07) is 5.90. The first-order chi connectivity index (χ1) is 12.5. The van der Waals surface area contributed by atoms with Crippen LogP contribution in [0.5, 0.6) is 0 Å². The van der Waals surface area contributed by atoms with E-state index in [1.807, 2.05) is 6.07 Å². The molecule has 1 aromatic heterocycles. The Labute approximate surface area is 151 Å². The van der Waals surface area contributed by atoms with Crippen molar-refractivity contribution >= 4 is 29.1 Å². The van der Waals surface area contributed by atoms with Gasteiger partial charge in [0, 0.05) is 19.8 Å². The van der Waals surface area contributed by atoms with Crippen LogP contribution in [-0.4, -0.2) is 40.5 Å². The Morgan fingerprint density at radius 2 is 2.00 bits per heavy atom. The number of nitrogens with zero attached hydrogens (tertiary/aromatic N) is 4. The van der Waals surface area contributed by atoms with E-state index < -0.39 is 0 Å². The van der Waals surface area contributed by atoms with Crippen LogP contribution in [-0.2, 0) is 24.2 Å². The molecule has 1 N–H and O–H groups in total. The Morgan fingerprint density at radius 1 is 1.23 bits per heavy atom. The molecule has 3 amide bonds. The van der Waals surface area contributed by atoms with Gasteiger partial charge in [0.25, 0.3) is 0 Å². The van der Waals surface area contributed by atoms with Gasteiger partial charge in [0.05, 0.1) is 12.0 Å². The van der Waals surface area contributed by atoms with E-state index in [1.165, 1.54) is 27.3 Å². The Kier molecular flexibility index (Phi) is 3.79. The fourth-order valence-electron chi connectivity index (χ4n) is 3.63. The number of aromatic nitrogens is 2. The van der Waals surface area contributed by atoms with Crippen LogP contribution in [0.4, 0.5) is 16.3 Å². The zero-order chi connectivity index (χ0) is 18.4. The SMILES string of the molecule is C=C1c2c(ncn2CC(=O)Nc2ccc3c(c2)CCC3)N(C)C(=O)N1C. The Hall–Kier alpha value is -3.09. The fraction of sp³-hybridized carbons (Fsp3) is 0.316. The predicted molar refractivity (Wildman–Crippen MR) is 99.9 cm³/mol. The minimum Gasteiger partial charge on any atom is -0.325 e. The van der Waals surface area contributed by atoms with Crippen molar-refractivity contribution in [1.82, 2.24) is 14.5 Å². The van der Waals surface area contributed by atoms with Crippen LogP contribution < -0.4 is 10.2 Å². The molecule has 2 aliphatic rings. The predicted octanol–water partition coefficient (Wildman–Crippen LogP) is 2.48. The van der Waals surface area contributed by atoms with Gasteiger partial charge >= 0.3 is 6.03 Å². The average molecular weight is 351 g/mol. The highest BCUT2D eigenvalue weighted by Gasteiger charge is 2.32. The Bertz CT molecular complexity index is 930. The van der Waals surface area contributed by atoms with E-state index in [9.17, 15) is 9.59 Å². The number of carbonyl (C=O) groups excluding carboxylic acids is 2. The lowest BCUT2D eigenvalue weighted by Crippen LogP contribution is -2.42. The molecule has 0 spiro atoms. The van der Waals surface area contributed by atoms with Gasteiger partial charge in [-0.2, -0.15) is 0 Å². The number of benzene rings is 1. The highest BCUT2D eigenvalue weighted by molar-refractivity contribution is 6.02. The van der Waals surface area contributed by atoms with E-state index in [0.29, 0.717) is 17.2 Å². The maximum absolute atomic E-state index is 12.5. The molecule has 2 aromatic rings. The molecule has 0 bridgehead atoms. The molecule has 7 nitrogen and oxygen atoms in total. The van der Waals surface area contributed by atoms with Gasteiger partial charge in [0.15, 0.2) is 5.82 Å². The molecule has 0 atom stereocenters. The molecule has 1 aliphatic heterocycles. The number of rotatable bonds is 3. The van der Waals surface area contributed by atoms with Crippen LogP contribution >= 0.6 is 0 Å². The van der Waals surface area contributed by atoms with E-state index >= 15 is 0 Å². The molecule has 0 saturated heterocycles. The van der Waals surface area contributed by atoms with E-state index in [1.54, 1.807) is 25.0 Å². The number of anilines is 2. The van der Waals surface area contributed by atoms with Gasteiger partial charge in [0.2, 0.25) is 5.91 Å². The van der Waals surface area contributed by atoms with Gasteiger partial charge in [-0.15, -0.1) is 0 Å². The van der Waals surface area contributed by atoms with Crippen molar-refractivity contribution in [1.29, 1.82) is 0 Å². The van der Waals surface area contributed by atoms with Crippen molar-refractivity contribution in [3.05, 3.63) is 47.9 Å². The number of hydrogen-bond donors (Lipinski definition) is 1. The molecule has 7 heteroatoms. The first kappa shape index (κ1) is 16.4. The number of urea groups is 1. The van der Waals surface area contributed by atoms with Crippen molar-refractivity contribution in [2.45, 2.75) is 25.8 Å². The summed E-state index contributed by atoms with van der Waals surface area (Å²) < 4.78 is 1.72. The largest absolute Gasteiger partial charge is 0.329 e. The molecular formula is C19H21N5O2. The Balaban J connectivity index is 1.53. The van der Waals surface area contributed by atoms with Crippen LogP contribution in [0.25, 0.3) is 5.70 Å². The molecule has 0 saturated carbocycles. The van der Waals surface area contributed by atoms with Crippen LogP contribution in [0.15, 0.2) is 31.1 Å². The van der Waals surface area contributed by atoms with E-state index in [2.05, 4.69) is 29.0 Å². The highest BCUT2D eigenvalue weighted by Crippen LogP contribution is 2.32. The number of carbonyl (C=O) groups is 2. The molecule has 0 radical (unpaired) electrons. The molecule has 1 aromatic carbocycles. The van der Waals surface area contributed by atoms with Gasteiger partial charge in [-0.3, -0.25) is 14.6 Å². The summed E-state index contributed by atoms with van der Waals surface area (Å²) in [6.07, 6.45) is 4.93. The second kappa shape index (κ2) is 6.01. The first-order valence-corrected chi connectivity index (χ1v) is 8.63. The third-order valence-corrected chi connectivity index (χ3v) is 5.08. The third-order valence-electron chi connectivity index (χ3n) is 5.08. The van der Waals surface area contributed by atoms with Crippen molar-refractivity contribution < 1.29 is 9.59 Å². The summed E-state index contributed by atoms with van der Waals surface area (Å²) in [6.45, 7) is 4.08. The lowest BCUT2D eigenvalue weighted by Gasteiger charge is -2.31. The second-order valence-electron chi connectivity index (χ2n) is 6.78. The summed E-state index contributed by atoms with van der Waals surface area (Å²) in [5.41, 5.74) is 4.72. The molecule has 2 heterocycles. The van der Waals surface area contributed by atoms with Gasteiger partial charge in [0.1, 0.15) is 12.2 Å². The smallest absolute Gasteiger partial charge is 0.325 e. The summed E-state index contributed by atoms with van der Waals surface area (Å²) in [4.78, 5) is 31.8. The number of hydrogen-bond acceptors (Lipinski definition) is 3. The lowest BCUT2D eigenvalue weighted by molar-refractivity contribution is -0.116. The summed E-state index contributed by atoms with van der Waals surface area (Å²) in [5.74, 6) is 0.376. The van der Waals surface area contributed by atoms with Crippen LogP contribution in [0, 0.1) is 0 Å². The fourth-order valence-corrected chi connectivity index (χ4v) is 3.63. The van der Waals surface area contributed by atoms with Crippen molar-refractivity contribution in [2.75, 3.05) is 24.3 Å². The molecule has 26 heavy (non-hydrogen) atoms. The summed E-state index contributed by atoms with van der Waals surface area (Å²) in [5, 5.41) is 2.95. The van der Waals surface area contributed by atoms with Crippen LogP contribution in [0.3, 0.4) is 0 Å². The Morgan fingerprint density at radius 3 is 2.81 bits per heavy atom. The maximum Gasteiger partial charge on any atom is 0.329 e. The minimum absolute atomic E-state index is 0.105. The molecule has 0 unspecified atom stereocenters. The quantitative estimate of drug-likeness (QED) is 0.923. The van der Waals surface area contributed by atoms with Crippen LogP contribution in [0.1, 0.15) is 23.2 Å². The lowest BCUT2D eigenvalue weighted by atomic mass is 10.1. The van der Waals surface area contributed by atoms with Gasteiger partial charge in [-0.1, -0.05) is 12.6 Å². The van der Waals surface area contributed by atoms with Gasteiger partial charge < -0.3 is 9.88 Å². The zero-order valence-electron chi connectivity index (χ0n) is 15.0. The molecule has 4 rings (SSSR count). The number of aryl methyl sites for hydroxylation is 2. The van der Waals surface area contributed by atoms with E-state index in [0.717, 1.165) is 18.5 Å². The van der Waals surface area contributed by atoms with E-state index in [4.69, 9.17) is 0 Å². The van der Waals surface area contributed by atoms with Crippen molar-refractivity contribution in [3.8, 4) is 0 Å². The third kappa shape index (κ3) is 2.56. The standard InChI is InChI=1S/C19H21N5O2/c1-12-17-18(23(3)19(26)22(12)2)20-11-24(17)10-16(25)21-15-8-7-13-5-4-6-14(13)9-15/h7-9,11H,1,4-6,10H2,2-3H3,(H,21,25). The highest BCUT2D eigenvalue weighted by atomic mass is 16.2. The monoisotopic (exact) mass is 351 g/mol. The van der Waals surface area contributed by atoms with Gasteiger partial charge in [-0.25, -0.2) is 9.78 Å². The maximum atomic E-state index is 12.5. The first-order valence-electron chi connectivity index (χ1n) is 8.63.